The molecule has 0 saturated heterocycles. The molecule has 0 aliphatic heterocycles. The number of aromatic nitrogens is 1. The number of para-hydroxylation sites is 1. The van der Waals surface area contributed by atoms with E-state index in [-0.39, 0.29) is 0 Å². The maximum atomic E-state index is 6.24. The highest BCUT2D eigenvalue weighted by Crippen LogP contribution is 2.39. The van der Waals surface area contributed by atoms with Gasteiger partial charge in [0.05, 0.1) is 5.52 Å². The Labute approximate surface area is 158 Å². The fourth-order valence-electron chi connectivity index (χ4n) is 5.14. The van der Waals surface area contributed by atoms with Crippen molar-refractivity contribution in [3.05, 3.63) is 60.2 Å². The number of furan rings is 1. The van der Waals surface area contributed by atoms with Gasteiger partial charge in [-0.05, 0) is 48.6 Å². The van der Waals surface area contributed by atoms with E-state index in [0.29, 0.717) is 0 Å². The van der Waals surface area contributed by atoms with Crippen molar-refractivity contribution in [3.63, 3.8) is 0 Å². The van der Waals surface area contributed by atoms with Gasteiger partial charge in [0.15, 0.2) is 0 Å². The first-order valence-corrected chi connectivity index (χ1v) is 10.1. The van der Waals surface area contributed by atoms with Crippen LogP contribution >= 0.6 is 0 Å². The molecule has 5 aromatic rings. The van der Waals surface area contributed by atoms with Crippen LogP contribution in [-0.4, -0.2) is 4.57 Å². The number of hydrogen-bond acceptors (Lipinski definition) is 1. The third-order valence-corrected chi connectivity index (χ3v) is 6.61. The third kappa shape index (κ3) is 2.19. The summed E-state index contributed by atoms with van der Waals surface area (Å²) in [7, 11) is 2.14. The number of hydrogen-bond donors (Lipinski definition) is 0. The summed E-state index contributed by atoms with van der Waals surface area (Å²) in [5.74, 6) is 0.717. The Balaban J connectivity index is 1.64. The van der Waals surface area contributed by atoms with Crippen molar-refractivity contribution in [2.24, 2.45) is 7.05 Å². The monoisotopic (exact) mass is 353 g/mol. The molecule has 27 heavy (non-hydrogen) atoms. The second-order valence-corrected chi connectivity index (χ2v) is 8.13. The SMILES string of the molecule is Cn1c2ccccc2c2cc3c(cc21)oc1ccc(C2CCCCC2)cc13. The Kier molecular flexibility index (Phi) is 3.19. The number of benzene rings is 3. The molecule has 1 aliphatic carbocycles. The fourth-order valence-corrected chi connectivity index (χ4v) is 5.14. The molecule has 0 radical (unpaired) electrons. The molecule has 134 valence electrons. The van der Waals surface area contributed by atoms with Gasteiger partial charge in [0.2, 0.25) is 0 Å². The van der Waals surface area contributed by atoms with Crippen molar-refractivity contribution >= 4 is 43.7 Å². The van der Waals surface area contributed by atoms with E-state index >= 15 is 0 Å². The highest BCUT2D eigenvalue weighted by atomic mass is 16.3. The minimum Gasteiger partial charge on any atom is -0.456 e. The summed E-state index contributed by atoms with van der Waals surface area (Å²) in [5.41, 5.74) is 5.99. The lowest BCUT2D eigenvalue weighted by atomic mass is 9.84. The van der Waals surface area contributed by atoms with Gasteiger partial charge in [-0.2, -0.15) is 0 Å². The zero-order valence-corrected chi connectivity index (χ0v) is 15.7. The average molecular weight is 353 g/mol. The van der Waals surface area contributed by atoms with Crippen LogP contribution in [0, 0.1) is 0 Å². The van der Waals surface area contributed by atoms with E-state index in [1.54, 1.807) is 0 Å². The van der Waals surface area contributed by atoms with Crippen LogP contribution in [0.5, 0.6) is 0 Å². The second kappa shape index (κ2) is 5.63. The van der Waals surface area contributed by atoms with Crippen LogP contribution in [-0.2, 0) is 7.05 Å². The summed E-state index contributed by atoms with van der Waals surface area (Å²) in [6, 6.07) is 20.1. The average Bonchev–Trinajstić information content (AvgIpc) is 3.22. The topological polar surface area (TPSA) is 18.1 Å². The first-order valence-electron chi connectivity index (χ1n) is 10.1. The summed E-state index contributed by atoms with van der Waals surface area (Å²) in [4.78, 5) is 0. The smallest absolute Gasteiger partial charge is 0.137 e. The molecule has 3 aromatic carbocycles. The largest absolute Gasteiger partial charge is 0.456 e. The van der Waals surface area contributed by atoms with Crippen LogP contribution in [0.15, 0.2) is 59.0 Å². The van der Waals surface area contributed by atoms with Gasteiger partial charge in [0.1, 0.15) is 11.2 Å². The zero-order chi connectivity index (χ0) is 18.0. The summed E-state index contributed by atoms with van der Waals surface area (Å²) in [6.07, 6.45) is 6.78. The summed E-state index contributed by atoms with van der Waals surface area (Å²) in [5, 5.41) is 5.13. The number of rotatable bonds is 1. The molecule has 1 fully saturated rings. The molecule has 0 N–H and O–H groups in total. The maximum Gasteiger partial charge on any atom is 0.137 e. The summed E-state index contributed by atoms with van der Waals surface area (Å²) >= 11 is 0. The second-order valence-electron chi connectivity index (χ2n) is 8.13. The molecule has 0 spiro atoms. The normalized spacial score (nSPS) is 16.2. The van der Waals surface area contributed by atoms with Crippen LogP contribution in [0.25, 0.3) is 43.7 Å². The molecule has 0 atom stereocenters. The Morgan fingerprint density at radius 1 is 0.741 bits per heavy atom. The summed E-state index contributed by atoms with van der Waals surface area (Å²) < 4.78 is 8.51. The van der Waals surface area contributed by atoms with Gasteiger partial charge < -0.3 is 8.98 Å². The van der Waals surface area contributed by atoms with E-state index in [1.165, 1.54) is 70.2 Å². The van der Waals surface area contributed by atoms with Crippen molar-refractivity contribution in [1.82, 2.24) is 4.57 Å². The predicted octanol–water partition coefficient (Wildman–Crippen LogP) is 7.28. The number of aryl methyl sites for hydroxylation is 1. The molecular weight excluding hydrogens is 330 g/mol. The molecule has 0 bridgehead atoms. The van der Waals surface area contributed by atoms with Gasteiger partial charge in [-0.3, -0.25) is 0 Å². The third-order valence-electron chi connectivity index (χ3n) is 6.61. The lowest BCUT2D eigenvalue weighted by molar-refractivity contribution is 0.444. The highest BCUT2D eigenvalue weighted by Gasteiger charge is 2.18. The van der Waals surface area contributed by atoms with E-state index in [9.17, 15) is 0 Å². The van der Waals surface area contributed by atoms with Crippen LogP contribution < -0.4 is 0 Å². The lowest BCUT2D eigenvalue weighted by Crippen LogP contribution is -2.03. The molecule has 2 aromatic heterocycles. The first kappa shape index (κ1) is 15.3. The maximum absolute atomic E-state index is 6.24. The van der Waals surface area contributed by atoms with Gasteiger partial charge in [0, 0.05) is 40.2 Å². The van der Waals surface area contributed by atoms with Gasteiger partial charge >= 0.3 is 0 Å². The molecule has 2 heterocycles. The lowest BCUT2D eigenvalue weighted by Gasteiger charge is -2.21. The van der Waals surface area contributed by atoms with Crippen molar-refractivity contribution in [3.8, 4) is 0 Å². The molecule has 6 rings (SSSR count). The Bertz CT molecular complexity index is 1310. The van der Waals surface area contributed by atoms with E-state index in [2.05, 4.69) is 66.2 Å². The minimum atomic E-state index is 0.717. The van der Waals surface area contributed by atoms with E-state index in [0.717, 1.165) is 17.1 Å². The molecule has 0 unspecified atom stereocenters. The van der Waals surface area contributed by atoms with E-state index in [4.69, 9.17) is 4.42 Å². The van der Waals surface area contributed by atoms with Gasteiger partial charge in [-0.1, -0.05) is 43.5 Å². The van der Waals surface area contributed by atoms with Crippen molar-refractivity contribution in [2.45, 2.75) is 38.0 Å². The highest BCUT2D eigenvalue weighted by molar-refractivity contribution is 6.16. The molecular formula is C25H23NO. The Hall–Kier alpha value is -2.74. The molecule has 0 amide bonds. The minimum absolute atomic E-state index is 0.717. The number of fused-ring (bicyclic) bond motifs is 6. The van der Waals surface area contributed by atoms with Crippen LogP contribution in [0.1, 0.15) is 43.6 Å². The molecule has 1 aliphatic rings. The molecule has 2 heteroatoms. The first-order chi connectivity index (χ1) is 13.3. The fraction of sp³-hybridized carbons (Fsp3) is 0.280. The predicted molar refractivity (Wildman–Crippen MR) is 114 cm³/mol. The van der Waals surface area contributed by atoms with Gasteiger partial charge in [-0.25, -0.2) is 0 Å². The van der Waals surface area contributed by atoms with Crippen molar-refractivity contribution in [2.75, 3.05) is 0 Å². The standard InChI is InChI=1S/C25H23NO/c1-26-22-10-6-5-9-18(22)19-14-21-20-13-17(16-7-3-2-4-8-16)11-12-24(20)27-25(21)15-23(19)26/h5-6,9-16H,2-4,7-8H2,1H3. The van der Waals surface area contributed by atoms with E-state index in [1.807, 2.05) is 0 Å². The summed E-state index contributed by atoms with van der Waals surface area (Å²) in [6.45, 7) is 0. The van der Waals surface area contributed by atoms with Crippen LogP contribution in [0.2, 0.25) is 0 Å². The number of nitrogens with zero attached hydrogens (tertiary/aromatic N) is 1. The van der Waals surface area contributed by atoms with Crippen LogP contribution in [0.4, 0.5) is 0 Å². The quantitative estimate of drug-likeness (QED) is 0.310. The van der Waals surface area contributed by atoms with Crippen LogP contribution in [0.3, 0.4) is 0 Å². The zero-order valence-electron chi connectivity index (χ0n) is 15.7. The van der Waals surface area contributed by atoms with Crippen molar-refractivity contribution < 1.29 is 4.42 Å². The van der Waals surface area contributed by atoms with Gasteiger partial charge in [0.25, 0.3) is 0 Å². The Morgan fingerprint density at radius 2 is 1.56 bits per heavy atom. The Morgan fingerprint density at radius 3 is 2.44 bits per heavy atom. The van der Waals surface area contributed by atoms with Crippen molar-refractivity contribution in [1.29, 1.82) is 0 Å². The molecule has 2 nitrogen and oxygen atoms in total. The molecule has 1 saturated carbocycles. The van der Waals surface area contributed by atoms with E-state index < -0.39 is 0 Å². The van der Waals surface area contributed by atoms with Gasteiger partial charge in [-0.15, -0.1) is 0 Å².